The molecule has 3 heteroatoms. The Morgan fingerprint density at radius 2 is 1.68 bits per heavy atom. The first-order valence-corrected chi connectivity index (χ1v) is 8.03. The third kappa shape index (κ3) is 6.24. The molecule has 0 aliphatic carbocycles. The summed E-state index contributed by atoms with van der Waals surface area (Å²) in [5.74, 6) is 1.55. The van der Waals surface area contributed by atoms with E-state index in [2.05, 4.69) is 45.0 Å². The average Bonchev–Trinajstić information content (AvgIpc) is 2.38. The molecule has 2 atom stereocenters. The van der Waals surface area contributed by atoms with Crippen LogP contribution < -0.4 is 5.32 Å². The van der Waals surface area contributed by atoms with Crippen LogP contribution in [0.2, 0.25) is 0 Å². The van der Waals surface area contributed by atoms with Gasteiger partial charge in [0.05, 0.1) is 6.61 Å². The number of hydrogen-bond acceptors (Lipinski definition) is 3. The fourth-order valence-electron chi connectivity index (χ4n) is 2.71. The summed E-state index contributed by atoms with van der Waals surface area (Å²) in [6.07, 6.45) is 3.71. The number of nitrogens with zero attached hydrogens (tertiary/aromatic N) is 1. The van der Waals surface area contributed by atoms with Gasteiger partial charge in [0.1, 0.15) is 0 Å². The molecule has 0 radical (unpaired) electrons. The molecule has 0 aromatic carbocycles. The lowest BCUT2D eigenvalue weighted by molar-refractivity contribution is -0.00440. The minimum atomic E-state index is 0.552. The minimum Gasteiger partial charge on any atom is -0.380 e. The molecule has 3 nitrogen and oxygen atoms in total. The second kappa shape index (κ2) is 8.93. The van der Waals surface area contributed by atoms with E-state index in [0.717, 1.165) is 31.5 Å². The van der Waals surface area contributed by atoms with Gasteiger partial charge < -0.3 is 10.1 Å². The molecule has 0 spiro atoms. The molecule has 0 saturated carbocycles. The molecule has 1 N–H and O–H groups in total. The standard InChI is InChI=1S/C16H34N2O/c1-13(2)6-9-18(10-7-14(3)4)16-12-19-11-8-15(16)17-5/h13-17H,6-12H2,1-5H3. The van der Waals surface area contributed by atoms with Gasteiger partial charge in [0.15, 0.2) is 0 Å². The normalized spacial score (nSPS) is 24.6. The summed E-state index contributed by atoms with van der Waals surface area (Å²) in [7, 11) is 2.09. The minimum absolute atomic E-state index is 0.552. The maximum atomic E-state index is 5.73. The lowest BCUT2D eigenvalue weighted by Gasteiger charge is -2.40. The van der Waals surface area contributed by atoms with Crippen molar-refractivity contribution in [1.82, 2.24) is 10.2 Å². The van der Waals surface area contributed by atoms with Crippen LogP contribution in [-0.2, 0) is 4.74 Å². The van der Waals surface area contributed by atoms with Gasteiger partial charge in [0.25, 0.3) is 0 Å². The third-order valence-corrected chi connectivity index (χ3v) is 4.15. The topological polar surface area (TPSA) is 24.5 Å². The summed E-state index contributed by atoms with van der Waals surface area (Å²) < 4.78 is 5.73. The number of ether oxygens (including phenoxy) is 1. The van der Waals surface area contributed by atoms with E-state index in [1.165, 1.54) is 25.9 Å². The number of hydrogen-bond donors (Lipinski definition) is 1. The van der Waals surface area contributed by atoms with E-state index in [-0.39, 0.29) is 0 Å². The molecule has 2 unspecified atom stereocenters. The Balaban J connectivity index is 2.57. The maximum absolute atomic E-state index is 5.73. The molecule has 1 aliphatic heterocycles. The highest BCUT2D eigenvalue weighted by atomic mass is 16.5. The van der Waals surface area contributed by atoms with Crippen LogP contribution in [-0.4, -0.2) is 50.3 Å². The zero-order valence-corrected chi connectivity index (χ0v) is 13.6. The van der Waals surface area contributed by atoms with E-state index >= 15 is 0 Å². The highest BCUT2D eigenvalue weighted by Crippen LogP contribution is 2.17. The summed E-state index contributed by atoms with van der Waals surface area (Å²) in [5.41, 5.74) is 0. The summed E-state index contributed by atoms with van der Waals surface area (Å²) in [6.45, 7) is 13.5. The SMILES string of the molecule is CNC1CCOCC1N(CCC(C)C)CCC(C)C. The summed E-state index contributed by atoms with van der Waals surface area (Å²) in [6, 6.07) is 1.14. The zero-order valence-electron chi connectivity index (χ0n) is 13.6. The Morgan fingerprint density at radius 1 is 1.11 bits per heavy atom. The van der Waals surface area contributed by atoms with Crippen LogP contribution in [0.15, 0.2) is 0 Å². The highest BCUT2D eigenvalue weighted by Gasteiger charge is 2.29. The largest absolute Gasteiger partial charge is 0.380 e. The van der Waals surface area contributed by atoms with E-state index in [9.17, 15) is 0 Å². The first-order valence-electron chi connectivity index (χ1n) is 8.03. The summed E-state index contributed by atoms with van der Waals surface area (Å²) in [5, 5.41) is 3.49. The Labute approximate surface area is 120 Å². The summed E-state index contributed by atoms with van der Waals surface area (Å²) >= 11 is 0. The Bertz CT molecular complexity index is 219. The van der Waals surface area contributed by atoms with Gasteiger partial charge in [-0.05, 0) is 51.2 Å². The molecule has 1 rings (SSSR count). The van der Waals surface area contributed by atoms with Gasteiger partial charge in [0.2, 0.25) is 0 Å². The molecular formula is C16H34N2O. The monoisotopic (exact) mass is 270 g/mol. The van der Waals surface area contributed by atoms with Crippen molar-refractivity contribution in [3.8, 4) is 0 Å². The molecular weight excluding hydrogens is 236 g/mol. The first-order chi connectivity index (χ1) is 9.04. The molecule has 1 heterocycles. The van der Waals surface area contributed by atoms with Gasteiger partial charge in [-0.3, -0.25) is 4.90 Å². The smallest absolute Gasteiger partial charge is 0.0637 e. The average molecular weight is 270 g/mol. The van der Waals surface area contributed by atoms with E-state index in [1.807, 2.05) is 0 Å². The van der Waals surface area contributed by atoms with Gasteiger partial charge in [-0.25, -0.2) is 0 Å². The predicted octanol–water partition coefficient (Wildman–Crippen LogP) is 2.76. The second-order valence-corrected chi connectivity index (χ2v) is 6.73. The van der Waals surface area contributed by atoms with Crippen molar-refractivity contribution >= 4 is 0 Å². The summed E-state index contributed by atoms with van der Waals surface area (Å²) in [4.78, 5) is 2.67. The maximum Gasteiger partial charge on any atom is 0.0637 e. The van der Waals surface area contributed by atoms with Crippen LogP contribution in [0.5, 0.6) is 0 Å². The zero-order chi connectivity index (χ0) is 14.3. The molecule has 1 aliphatic rings. The van der Waals surface area contributed by atoms with E-state index < -0.39 is 0 Å². The number of nitrogens with one attached hydrogen (secondary N) is 1. The number of likely N-dealkylation sites (N-methyl/N-ethyl adjacent to an activating group) is 1. The fraction of sp³-hybridized carbons (Fsp3) is 1.00. The van der Waals surface area contributed by atoms with E-state index in [4.69, 9.17) is 4.74 Å². The van der Waals surface area contributed by atoms with E-state index in [1.54, 1.807) is 0 Å². The van der Waals surface area contributed by atoms with E-state index in [0.29, 0.717) is 12.1 Å². The van der Waals surface area contributed by atoms with Crippen LogP contribution in [0.3, 0.4) is 0 Å². The predicted molar refractivity (Wildman–Crippen MR) is 82.6 cm³/mol. The third-order valence-electron chi connectivity index (χ3n) is 4.15. The first kappa shape index (κ1) is 16.9. The van der Waals surface area contributed by atoms with Gasteiger partial charge in [-0.15, -0.1) is 0 Å². The van der Waals surface area contributed by atoms with Crippen molar-refractivity contribution < 1.29 is 4.74 Å². The fourth-order valence-corrected chi connectivity index (χ4v) is 2.71. The van der Waals surface area contributed by atoms with Crippen molar-refractivity contribution in [2.24, 2.45) is 11.8 Å². The van der Waals surface area contributed by atoms with Crippen LogP contribution in [0, 0.1) is 11.8 Å². The molecule has 19 heavy (non-hydrogen) atoms. The Morgan fingerprint density at radius 3 is 2.16 bits per heavy atom. The van der Waals surface area contributed by atoms with Crippen LogP contribution in [0.1, 0.15) is 47.0 Å². The van der Waals surface area contributed by atoms with Crippen molar-refractivity contribution in [3.05, 3.63) is 0 Å². The van der Waals surface area contributed by atoms with Crippen LogP contribution in [0.4, 0.5) is 0 Å². The lowest BCUT2D eigenvalue weighted by atomic mass is 9.99. The van der Waals surface area contributed by atoms with Crippen LogP contribution >= 0.6 is 0 Å². The van der Waals surface area contributed by atoms with Crippen molar-refractivity contribution in [2.45, 2.75) is 59.0 Å². The van der Waals surface area contributed by atoms with Gasteiger partial charge >= 0.3 is 0 Å². The van der Waals surface area contributed by atoms with Crippen molar-refractivity contribution in [2.75, 3.05) is 33.4 Å². The molecule has 0 bridgehead atoms. The Kier molecular flexibility index (Phi) is 7.96. The van der Waals surface area contributed by atoms with Crippen LogP contribution in [0.25, 0.3) is 0 Å². The quantitative estimate of drug-likeness (QED) is 0.734. The van der Waals surface area contributed by atoms with Crippen molar-refractivity contribution in [3.63, 3.8) is 0 Å². The molecule has 0 aromatic rings. The van der Waals surface area contributed by atoms with Gasteiger partial charge in [-0.1, -0.05) is 27.7 Å². The highest BCUT2D eigenvalue weighted by molar-refractivity contribution is 4.86. The lowest BCUT2D eigenvalue weighted by Crippen LogP contribution is -2.55. The molecule has 1 fully saturated rings. The van der Waals surface area contributed by atoms with Gasteiger partial charge in [-0.2, -0.15) is 0 Å². The molecule has 0 amide bonds. The Hall–Kier alpha value is -0.120. The molecule has 114 valence electrons. The molecule has 0 aromatic heterocycles. The molecule has 1 saturated heterocycles. The number of rotatable bonds is 8. The second-order valence-electron chi connectivity index (χ2n) is 6.73. The van der Waals surface area contributed by atoms with Crippen molar-refractivity contribution in [1.29, 1.82) is 0 Å². The van der Waals surface area contributed by atoms with Gasteiger partial charge in [0, 0.05) is 18.7 Å².